The van der Waals surface area contributed by atoms with E-state index < -0.39 is 0 Å². The Balaban J connectivity index is 1.41. The first-order valence-electron chi connectivity index (χ1n) is 13.2. The molecule has 5 aromatic carbocycles. The van der Waals surface area contributed by atoms with E-state index in [4.69, 9.17) is 4.74 Å². The lowest BCUT2D eigenvalue weighted by molar-refractivity contribution is -0.140. The van der Waals surface area contributed by atoms with Gasteiger partial charge in [0.2, 0.25) is 0 Å². The molecule has 0 aliphatic heterocycles. The quantitative estimate of drug-likeness (QED) is 0.111. The lowest BCUT2D eigenvalue weighted by atomic mass is 10.0. The highest BCUT2D eigenvalue weighted by Crippen LogP contribution is 2.36. The fraction of sp³-hybridized carbons (Fsp3) is 0.114. The molecule has 0 amide bonds. The van der Waals surface area contributed by atoms with Gasteiger partial charge in [0.25, 0.3) is 0 Å². The van der Waals surface area contributed by atoms with Crippen LogP contribution in [0.1, 0.15) is 12.0 Å². The topological polar surface area (TPSA) is 29.5 Å². The van der Waals surface area contributed by atoms with Crippen LogP contribution in [0.25, 0.3) is 22.3 Å². The van der Waals surface area contributed by atoms with Crippen LogP contribution in [0.2, 0.25) is 0 Å². The molecule has 5 aromatic rings. The van der Waals surface area contributed by atoms with E-state index >= 15 is 0 Å². The van der Waals surface area contributed by atoms with E-state index in [2.05, 4.69) is 139 Å². The third-order valence-corrected chi connectivity index (χ3v) is 6.92. The van der Waals surface area contributed by atoms with Gasteiger partial charge < -0.3 is 9.64 Å². The van der Waals surface area contributed by atoms with E-state index in [0.717, 1.165) is 29.9 Å². The van der Waals surface area contributed by atoms with Crippen molar-refractivity contribution in [1.82, 2.24) is 0 Å². The van der Waals surface area contributed by atoms with Gasteiger partial charge in [-0.25, -0.2) is 0 Å². The Hall–Kier alpha value is -4.28. The zero-order valence-electron chi connectivity index (χ0n) is 21.7. The number of carbonyl (C=O) groups is 1. The number of hydrogen-bond acceptors (Lipinski definition) is 4. The average Bonchev–Trinajstić information content (AvgIpc) is 3.01. The molecule has 0 aliphatic carbocycles. The molecule has 0 aliphatic rings. The Morgan fingerprint density at radius 3 is 1.41 bits per heavy atom. The van der Waals surface area contributed by atoms with Crippen LogP contribution in [-0.2, 0) is 16.0 Å². The molecule has 0 N–H and O–H groups in total. The van der Waals surface area contributed by atoms with Crippen molar-refractivity contribution in [3.05, 3.63) is 139 Å². The summed E-state index contributed by atoms with van der Waals surface area (Å²) in [6.07, 6.45) is 1.63. The van der Waals surface area contributed by atoms with Gasteiger partial charge in [0.05, 0.1) is 12.4 Å². The highest BCUT2D eigenvalue weighted by Gasteiger charge is 2.13. The molecular weight excluding hydrogens is 498 g/mol. The number of esters is 1. The van der Waals surface area contributed by atoms with Crippen LogP contribution in [0.15, 0.2) is 133 Å². The number of thiol groups is 1. The minimum Gasteiger partial charge on any atom is -0.465 e. The minimum atomic E-state index is -0.277. The van der Waals surface area contributed by atoms with Gasteiger partial charge in [-0.15, -0.1) is 0 Å². The van der Waals surface area contributed by atoms with Crippen LogP contribution >= 0.6 is 12.6 Å². The molecule has 0 heterocycles. The number of hydrogen-bond donors (Lipinski definition) is 1. The predicted octanol–water partition coefficient (Wildman–Crippen LogP) is 8.90. The Kier molecular flexibility index (Phi) is 8.77. The van der Waals surface area contributed by atoms with Crippen LogP contribution in [0.3, 0.4) is 0 Å². The molecule has 5 rings (SSSR count). The summed E-state index contributed by atoms with van der Waals surface area (Å²) in [6.45, 7) is 0.412. The number of ether oxygens (including phenoxy) is 1. The summed E-state index contributed by atoms with van der Waals surface area (Å²) in [4.78, 5) is 13.6. The second kappa shape index (κ2) is 13.0. The molecule has 0 bridgehead atoms. The minimum absolute atomic E-state index is 0.114. The molecule has 4 heteroatoms. The number of rotatable bonds is 10. The summed E-state index contributed by atoms with van der Waals surface area (Å²) < 4.78 is 5.15. The fourth-order valence-electron chi connectivity index (χ4n) is 4.63. The van der Waals surface area contributed by atoms with Crippen LogP contribution in [0.4, 0.5) is 17.1 Å². The van der Waals surface area contributed by atoms with Crippen molar-refractivity contribution >= 4 is 35.7 Å². The third kappa shape index (κ3) is 6.78. The number of carbonyl (C=O) groups excluding carboxylic acids is 1. The Morgan fingerprint density at radius 1 is 0.564 bits per heavy atom. The maximum absolute atomic E-state index is 11.3. The lowest BCUT2D eigenvalue weighted by Crippen LogP contribution is -2.10. The monoisotopic (exact) mass is 529 g/mol. The van der Waals surface area contributed by atoms with Crippen LogP contribution in [-0.4, -0.2) is 18.3 Å². The van der Waals surface area contributed by atoms with Crippen molar-refractivity contribution in [2.75, 3.05) is 17.3 Å². The maximum atomic E-state index is 11.3. The normalized spacial score (nSPS) is 10.7. The predicted molar refractivity (Wildman–Crippen MR) is 165 cm³/mol. The number of nitrogens with zero attached hydrogens (tertiary/aromatic N) is 1. The second-order valence-electron chi connectivity index (χ2n) is 9.31. The molecule has 0 saturated heterocycles. The summed E-state index contributed by atoms with van der Waals surface area (Å²) in [5.74, 6) is -0.163. The summed E-state index contributed by atoms with van der Waals surface area (Å²) in [5.41, 5.74) is 9.25. The highest BCUT2D eigenvalue weighted by molar-refractivity contribution is 7.81. The van der Waals surface area contributed by atoms with Gasteiger partial charge in [-0.2, -0.15) is 12.6 Å². The van der Waals surface area contributed by atoms with Crippen LogP contribution in [0.5, 0.6) is 0 Å². The standard InChI is InChI=1S/C35H31NO2S/c37-35(26-39)38-25-7-8-27-13-19-32(20-14-27)36(33-21-15-30(16-22-33)28-9-3-1-4-10-28)34-23-17-31(18-24-34)29-11-5-2-6-12-29/h1-6,9-24,39H,7-8,25-26H2. The van der Waals surface area contributed by atoms with Crippen molar-refractivity contribution < 1.29 is 9.53 Å². The van der Waals surface area contributed by atoms with Gasteiger partial charge in [-0.05, 0) is 77.1 Å². The van der Waals surface area contributed by atoms with Crippen LogP contribution in [0, 0.1) is 0 Å². The smallest absolute Gasteiger partial charge is 0.315 e. The summed E-state index contributed by atoms with van der Waals surface area (Å²) in [6, 6.07) is 46.9. The van der Waals surface area contributed by atoms with Gasteiger partial charge in [-0.3, -0.25) is 4.79 Å². The molecule has 0 aromatic heterocycles. The molecule has 0 saturated carbocycles. The average molecular weight is 530 g/mol. The SMILES string of the molecule is O=C(CS)OCCCc1ccc(N(c2ccc(-c3ccccc3)cc2)c2ccc(-c3ccccc3)cc2)cc1. The molecule has 0 unspecified atom stereocenters. The highest BCUT2D eigenvalue weighted by atomic mass is 32.1. The van der Waals surface area contributed by atoms with E-state index in [1.165, 1.54) is 27.8 Å². The molecule has 0 radical (unpaired) electrons. The maximum Gasteiger partial charge on any atom is 0.315 e. The van der Waals surface area contributed by atoms with Crippen molar-refractivity contribution in [3.63, 3.8) is 0 Å². The summed E-state index contributed by atoms with van der Waals surface area (Å²) >= 11 is 3.95. The van der Waals surface area contributed by atoms with E-state index in [1.54, 1.807) is 0 Å². The van der Waals surface area contributed by atoms with Crippen molar-refractivity contribution in [2.24, 2.45) is 0 Å². The lowest BCUT2D eigenvalue weighted by Gasteiger charge is -2.26. The Labute approximate surface area is 236 Å². The summed E-state index contributed by atoms with van der Waals surface area (Å²) in [5, 5.41) is 0. The fourth-order valence-corrected chi connectivity index (χ4v) is 4.73. The molecule has 3 nitrogen and oxygen atoms in total. The Bertz CT molecular complexity index is 1380. The number of aryl methyl sites for hydroxylation is 1. The molecular formula is C35H31NO2S. The van der Waals surface area contributed by atoms with Gasteiger partial charge >= 0.3 is 5.97 Å². The van der Waals surface area contributed by atoms with E-state index in [0.29, 0.717) is 6.61 Å². The van der Waals surface area contributed by atoms with Crippen LogP contribution < -0.4 is 4.90 Å². The van der Waals surface area contributed by atoms with Gasteiger partial charge in [0, 0.05) is 17.1 Å². The first-order valence-corrected chi connectivity index (χ1v) is 13.8. The number of anilines is 3. The Morgan fingerprint density at radius 2 is 0.974 bits per heavy atom. The molecule has 0 fully saturated rings. The second-order valence-corrected chi connectivity index (χ2v) is 9.63. The van der Waals surface area contributed by atoms with E-state index in [9.17, 15) is 4.79 Å². The van der Waals surface area contributed by atoms with E-state index in [-0.39, 0.29) is 11.7 Å². The summed E-state index contributed by atoms with van der Waals surface area (Å²) in [7, 11) is 0. The van der Waals surface area contributed by atoms with Crippen molar-refractivity contribution in [1.29, 1.82) is 0 Å². The molecule has 0 spiro atoms. The van der Waals surface area contributed by atoms with Gasteiger partial charge in [0.15, 0.2) is 0 Å². The molecule has 0 atom stereocenters. The van der Waals surface area contributed by atoms with Gasteiger partial charge in [0.1, 0.15) is 0 Å². The van der Waals surface area contributed by atoms with Gasteiger partial charge in [-0.1, -0.05) is 97.1 Å². The largest absolute Gasteiger partial charge is 0.465 e. The van der Waals surface area contributed by atoms with Crippen molar-refractivity contribution in [3.8, 4) is 22.3 Å². The van der Waals surface area contributed by atoms with E-state index in [1.807, 2.05) is 12.1 Å². The zero-order valence-corrected chi connectivity index (χ0v) is 22.6. The number of benzene rings is 5. The zero-order chi connectivity index (χ0) is 26.9. The third-order valence-electron chi connectivity index (χ3n) is 6.66. The first-order chi connectivity index (χ1) is 19.2. The first kappa shape index (κ1) is 26.3. The molecule has 39 heavy (non-hydrogen) atoms. The van der Waals surface area contributed by atoms with Crippen molar-refractivity contribution in [2.45, 2.75) is 12.8 Å². The molecule has 194 valence electrons.